The van der Waals surface area contributed by atoms with Crippen LogP contribution < -0.4 is 11.1 Å². The predicted molar refractivity (Wildman–Crippen MR) is 67.9 cm³/mol. The average molecular weight is 266 g/mol. The summed E-state index contributed by atoms with van der Waals surface area (Å²) in [4.78, 5) is 23.0. The average Bonchev–Trinajstić information content (AvgIpc) is 2.74. The fraction of sp³-hybridized carbons (Fsp3) is 0.167. The molecule has 18 heavy (non-hydrogen) atoms. The minimum atomic E-state index is -0.757. The van der Waals surface area contributed by atoms with E-state index in [2.05, 4.69) is 5.32 Å². The summed E-state index contributed by atoms with van der Waals surface area (Å²) < 4.78 is 14.1. The van der Waals surface area contributed by atoms with Gasteiger partial charge in [0.25, 0.3) is 5.91 Å². The summed E-state index contributed by atoms with van der Waals surface area (Å²) >= 11 is 1.17. The van der Waals surface area contributed by atoms with Crippen LogP contribution in [0.15, 0.2) is 24.3 Å². The molecule has 3 N–H and O–H groups in total. The molecule has 2 aromatic rings. The lowest BCUT2D eigenvalue weighted by atomic mass is 10.2. The third kappa shape index (κ3) is 2.33. The number of nitrogens with one attached hydrogen (secondary N) is 1. The van der Waals surface area contributed by atoms with Gasteiger partial charge >= 0.3 is 0 Å². The molecule has 2 amide bonds. The topological polar surface area (TPSA) is 72.2 Å². The number of amides is 2. The summed E-state index contributed by atoms with van der Waals surface area (Å²) in [6.07, 6.45) is 0. The molecule has 0 bridgehead atoms. The van der Waals surface area contributed by atoms with Gasteiger partial charge in [0.15, 0.2) is 0 Å². The zero-order valence-electron chi connectivity index (χ0n) is 9.57. The van der Waals surface area contributed by atoms with Crippen molar-refractivity contribution in [3.05, 3.63) is 35.0 Å². The number of hydrogen-bond acceptors (Lipinski definition) is 3. The van der Waals surface area contributed by atoms with E-state index in [1.54, 1.807) is 12.1 Å². The van der Waals surface area contributed by atoms with Crippen LogP contribution >= 0.6 is 11.3 Å². The largest absolute Gasteiger partial charge is 0.368 e. The molecule has 94 valence electrons. The number of halogens is 1. The SMILES string of the molecule is CC(NC(=O)c1cc2c(F)cccc2s1)C(N)=O. The third-order valence-corrected chi connectivity index (χ3v) is 3.61. The Bertz CT molecular complexity index is 624. The van der Waals surface area contributed by atoms with Gasteiger partial charge in [-0.15, -0.1) is 11.3 Å². The number of primary amides is 1. The number of carbonyl (C=O) groups excluding carboxylic acids is 2. The molecular weight excluding hydrogens is 255 g/mol. The number of carbonyl (C=O) groups is 2. The molecule has 0 saturated carbocycles. The van der Waals surface area contributed by atoms with Crippen LogP contribution in [0.5, 0.6) is 0 Å². The van der Waals surface area contributed by atoms with Crippen molar-refractivity contribution in [2.45, 2.75) is 13.0 Å². The number of benzene rings is 1. The predicted octanol–water partition coefficient (Wildman–Crippen LogP) is 1.64. The number of fused-ring (bicyclic) bond motifs is 1. The van der Waals surface area contributed by atoms with E-state index in [0.717, 1.165) is 0 Å². The highest BCUT2D eigenvalue weighted by Gasteiger charge is 2.16. The zero-order valence-corrected chi connectivity index (χ0v) is 10.4. The maximum absolute atomic E-state index is 13.5. The minimum Gasteiger partial charge on any atom is -0.368 e. The number of rotatable bonds is 3. The van der Waals surface area contributed by atoms with Gasteiger partial charge in [-0.05, 0) is 25.1 Å². The van der Waals surface area contributed by atoms with Crippen molar-refractivity contribution in [3.8, 4) is 0 Å². The second-order valence-corrected chi connectivity index (χ2v) is 4.94. The monoisotopic (exact) mass is 266 g/mol. The smallest absolute Gasteiger partial charge is 0.262 e. The van der Waals surface area contributed by atoms with Gasteiger partial charge < -0.3 is 11.1 Å². The fourth-order valence-corrected chi connectivity index (χ4v) is 2.45. The van der Waals surface area contributed by atoms with E-state index < -0.39 is 17.9 Å². The first kappa shape index (κ1) is 12.5. The number of thiophene rings is 1. The summed E-state index contributed by atoms with van der Waals surface area (Å²) in [6.45, 7) is 1.49. The highest BCUT2D eigenvalue weighted by molar-refractivity contribution is 7.20. The van der Waals surface area contributed by atoms with Crippen LogP contribution in [0, 0.1) is 5.82 Å². The maximum Gasteiger partial charge on any atom is 0.262 e. The van der Waals surface area contributed by atoms with E-state index >= 15 is 0 Å². The lowest BCUT2D eigenvalue weighted by Gasteiger charge is -2.08. The normalized spacial score (nSPS) is 12.3. The first-order valence-electron chi connectivity index (χ1n) is 5.27. The van der Waals surface area contributed by atoms with Crippen LogP contribution in [0.1, 0.15) is 16.6 Å². The number of hydrogen-bond donors (Lipinski definition) is 2. The van der Waals surface area contributed by atoms with Crippen LogP contribution in [0.25, 0.3) is 10.1 Å². The lowest BCUT2D eigenvalue weighted by molar-refractivity contribution is -0.119. The Hall–Kier alpha value is -1.95. The van der Waals surface area contributed by atoms with E-state index in [0.29, 0.717) is 15.0 Å². The molecule has 0 aliphatic carbocycles. The molecule has 0 aliphatic heterocycles. The van der Waals surface area contributed by atoms with E-state index in [1.807, 2.05) is 0 Å². The molecular formula is C12H11FN2O2S. The van der Waals surface area contributed by atoms with Gasteiger partial charge in [0, 0.05) is 10.1 Å². The minimum absolute atomic E-state index is 0.350. The van der Waals surface area contributed by atoms with Crippen molar-refractivity contribution >= 4 is 33.2 Å². The molecule has 1 aromatic carbocycles. The van der Waals surface area contributed by atoms with E-state index in [9.17, 15) is 14.0 Å². The van der Waals surface area contributed by atoms with Crippen molar-refractivity contribution in [3.63, 3.8) is 0 Å². The van der Waals surface area contributed by atoms with Gasteiger partial charge in [0.05, 0.1) is 4.88 Å². The van der Waals surface area contributed by atoms with Gasteiger partial charge in [-0.2, -0.15) is 0 Å². The Kier molecular flexibility index (Phi) is 3.29. The Labute approximate surface area is 107 Å². The quantitative estimate of drug-likeness (QED) is 0.886. The van der Waals surface area contributed by atoms with E-state index in [4.69, 9.17) is 5.73 Å². The van der Waals surface area contributed by atoms with Crippen molar-refractivity contribution in [1.82, 2.24) is 5.32 Å². The molecule has 1 atom stereocenters. The van der Waals surface area contributed by atoms with Gasteiger partial charge in [0.2, 0.25) is 5.91 Å². The van der Waals surface area contributed by atoms with Crippen LogP contribution in [-0.4, -0.2) is 17.9 Å². The van der Waals surface area contributed by atoms with Crippen LogP contribution in [-0.2, 0) is 4.79 Å². The lowest BCUT2D eigenvalue weighted by Crippen LogP contribution is -2.41. The summed E-state index contributed by atoms with van der Waals surface area (Å²) in [5.41, 5.74) is 5.05. The molecule has 1 heterocycles. The van der Waals surface area contributed by atoms with E-state index in [-0.39, 0.29) is 5.82 Å². The Morgan fingerprint density at radius 2 is 2.17 bits per heavy atom. The van der Waals surface area contributed by atoms with Gasteiger partial charge in [-0.3, -0.25) is 9.59 Å². The summed E-state index contributed by atoms with van der Waals surface area (Å²) in [7, 11) is 0. The molecule has 0 spiro atoms. The Balaban J connectivity index is 2.29. The van der Waals surface area contributed by atoms with Gasteiger partial charge in [-0.1, -0.05) is 6.07 Å². The summed E-state index contributed by atoms with van der Waals surface area (Å²) in [6, 6.07) is 5.37. The second kappa shape index (κ2) is 4.73. The Morgan fingerprint density at radius 3 is 2.78 bits per heavy atom. The molecule has 1 unspecified atom stereocenters. The third-order valence-electron chi connectivity index (χ3n) is 2.51. The molecule has 0 aliphatic rings. The van der Waals surface area contributed by atoms with Crippen LogP contribution in [0.2, 0.25) is 0 Å². The van der Waals surface area contributed by atoms with Gasteiger partial charge in [-0.25, -0.2) is 4.39 Å². The van der Waals surface area contributed by atoms with Crippen molar-refractivity contribution in [2.24, 2.45) is 5.73 Å². The first-order chi connectivity index (χ1) is 8.49. The standard InChI is InChI=1S/C12H11FN2O2S/c1-6(11(14)16)15-12(17)10-5-7-8(13)3-2-4-9(7)18-10/h2-6H,1H3,(H2,14,16)(H,15,17). The van der Waals surface area contributed by atoms with Crippen molar-refractivity contribution in [1.29, 1.82) is 0 Å². The molecule has 1 aromatic heterocycles. The van der Waals surface area contributed by atoms with Crippen molar-refractivity contribution in [2.75, 3.05) is 0 Å². The van der Waals surface area contributed by atoms with Crippen LogP contribution in [0.4, 0.5) is 4.39 Å². The van der Waals surface area contributed by atoms with Gasteiger partial charge in [0.1, 0.15) is 11.9 Å². The second-order valence-electron chi connectivity index (χ2n) is 3.86. The highest BCUT2D eigenvalue weighted by Crippen LogP contribution is 2.27. The highest BCUT2D eigenvalue weighted by atomic mass is 32.1. The molecule has 6 heteroatoms. The van der Waals surface area contributed by atoms with Crippen LogP contribution in [0.3, 0.4) is 0 Å². The summed E-state index contributed by atoms with van der Waals surface area (Å²) in [5, 5.41) is 2.85. The maximum atomic E-state index is 13.5. The number of nitrogens with two attached hydrogens (primary N) is 1. The molecule has 2 rings (SSSR count). The molecule has 0 fully saturated rings. The molecule has 4 nitrogen and oxygen atoms in total. The van der Waals surface area contributed by atoms with E-state index in [1.165, 1.54) is 30.4 Å². The fourth-order valence-electron chi connectivity index (χ4n) is 1.48. The zero-order chi connectivity index (χ0) is 13.3. The van der Waals surface area contributed by atoms with Crippen molar-refractivity contribution < 1.29 is 14.0 Å². The molecule has 0 radical (unpaired) electrons. The summed E-state index contributed by atoms with van der Waals surface area (Å²) in [5.74, 6) is -1.41. The Morgan fingerprint density at radius 1 is 1.44 bits per heavy atom. The first-order valence-corrected chi connectivity index (χ1v) is 6.09. The molecule has 0 saturated heterocycles.